The molecule has 2 unspecified atom stereocenters. The zero-order valence-corrected chi connectivity index (χ0v) is 15.0. The molecule has 3 heteroatoms. The minimum atomic E-state index is 0.380. The molecule has 2 nitrogen and oxygen atoms in total. The molecule has 2 atom stereocenters. The third-order valence-electron chi connectivity index (χ3n) is 4.32. The summed E-state index contributed by atoms with van der Waals surface area (Å²) in [6.07, 6.45) is 2.25. The van der Waals surface area contributed by atoms with Gasteiger partial charge in [-0.25, -0.2) is 0 Å². The Labute approximate surface area is 135 Å². The van der Waals surface area contributed by atoms with Crippen LogP contribution in [-0.4, -0.2) is 31.1 Å². The van der Waals surface area contributed by atoms with Gasteiger partial charge in [-0.1, -0.05) is 44.5 Å². The van der Waals surface area contributed by atoms with Crippen molar-refractivity contribution in [1.29, 1.82) is 0 Å². The van der Waals surface area contributed by atoms with E-state index >= 15 is 0 Å². The fourth-order valence-corrected chi connectivity index (χ4v) is 2.67. The van der Waals surface area contributed by atoms with Crippen LogP contribution in [0.3, 0.4) is 0 Å². The fraction of sp³-hybridized carbons (Fsp3) is 0.667. The maximum Gasteiger partial charge on any atom is 0.0409 e. The van der Waals surface area contributed by atoms with Crippen LogP contribution < -0.4 is 5.32 Å². The van der Waals surface area contributed by atoms with Gasteiger partial charge in [0.05, 0.1) is 0 Å². The second-order valence-electron chi connectivity index (χ2n) is 6.32. The van der Waals surface area contributed by atoms with Gasteiger partial charge in [-0.3, -0.25) is 0 Å². The van der Waals surface area contributed by atoms with Crippen LogP contribution >= 0.6 is 11.6 Å². The molecular formula is C18H31ClN2. The van der Waals surface area contributed by atoms with Gasteiger partial charge in [0.2, 0.25) is 0 Å². The Morgan fingerprint density at radius 2 is 1.95 bits per heavy atom. The van der Waals surface area contributed by atoms with Gasteiger partial charge in [0.15, 0.2) is 0 Å². The van der Waals surface area contributed by atoms with Gasteiger partial charge in [-0.05, 0) is 63.5 Å². The van der Waals surface area contributed by atoms with Gasteiger partial charge < -0.3 is 10.2 Å². The Kier molecular flexibility index (Phi) is 8.31. The molecular weight excluding hydrogens is 280 g/mol. The van der Waals surface area contributed by atoms with Crippen LogP contribution in [0.25, 0.3) is 0 Å². The molecule has 1 rings (SSSR count). The van der Waals surface area contributed by atoms with Crippen molar-refractivity contribution in [3.05, 3.63) is 34.9 Å². The fourth-order valence-electron chi connectivity index (χ4n) is 2.47. The molecule has 0 saturated carbocycles. The van der Waals surface area contributed by atoms with Crippen molar-refractivity contribution in [2.45, 2.75) is 52.6 Å². The van der Waals surface area contributed by atoms with Crippen LogP contribution in [-0.2, 0) is 0 Å². The predicted molar refractivity (Wildman–Crippen MR) is 94.0 cm³/mol. The van der Waals surface area contributed by atoms with Crippen molar-refractivity contribution >= 4 is 11.6 Å². The van der Waals surface area contributed by atoms with Gasteiger partial charge in [0, 0.05) is 17.1 Å². The molecule has 0 amide bonds. The van der Waals surface area contributed by atoms with E-state index in [1.165, 1.54) is 5.56 Å². The average Bonchev–Trinajstić information content (AvgIpc) is 2.46. The lowest BCUT2D eigenvalue weighted by Crippen LogP contribution is -2.36. The Hall–Kier alpha value is -0.570. The molecule has 0 bridgehead atoms. The van der Waals surface area contributed by atoms with Crippen LogP contribution in [0.2, 0.25) is 5.02 Å². The van der Waals surface area contributed by atoms with E-state index in [1.807, 2.05) is 12.1 Å². The molecule has 0 aliphatic heterocycles. The number of halogens is 1. The first kappa shape index (κ1) is 18.5. The average molecular weight is 311 g/mol. The summed E-state index contributed by atoms with van der Waals surface area (Å²) in [5, 5.41) is 4.47. The largest absolute Gasteiger partial charge is 0.310 e. The molecule has 120 valence electrons. The zero-order chi connectivity index (χ0) is 15.8. The first-order chi connectivity index (χ1) is 9.95. The lowest BCUT2D eigenvalue weighted by molar-refractivity contribution is 0.198. The maximum absolute atomic E-state index is 6.14. The topological polar surface area (TPSA) is 15.3 Å². The lowest BCUT2D eigenvalue weighted by Gasteiger charge is -2.30. The lowest BCUT2D eigenvalue weighted by atomic mass is 10.0. The van der Waals surface area contributed by atoms with Crippen LogP contribution in [0.15, 0.2) is 24.3 Å². The van der Waals surface area contributed by atoms with Crippen molar-refractivity contribution in [3.63, 3.8) is 0 Å². The molecule has 0 spiro atoms. The third kappa shape index (κ3) is 6.37. The SMILES string of the molecule is CCCNC(CCN(C)C(C)C(C)C)c1cccc(Cl)c1. The Bertz CT molecular complexity index is 406. The van der Waals surface area contributed by atoms with E-state index < -0.39 is 0 Å². The van der Waals surface area contributed by atoms with Crippen LogP contribution in [0.1, 0.15) is 52.1 Å². The quantitative estimate of drug-likeness (QED) is 0.708. The van der Waals surface area contributed by atoms with Gasteiger partial charge in [0.1, 0.15) is 0 Å². The highest BCUT2D eigenvalue weighted by atomic mass is 35.5. The number of hydrogen-bond acceptors (Lipinski definition) is 2. The molecule has 1 aromatic carbocycles. The highest BCUT2D eigenvalue weighted by Gasteiger charge is 2.16. The van der Waals surface area contributed by atoms with E-state index in [4.69, 9.17) is 11.6 Å². The highest BCUT2D eigenvalue weighted by Crippen LogP contribution is 2.21. The second kappa shape index (κ2) is 9.45. The summed E-state index contributed by atoms with van der Waals surface area (Å²) in [5.41, 5.74) is 1.29. The van der Waals surface area contributed by atoms with Crippen molar-refractivity contribution in [1.82, 2.24) is 10.2 Å². The molecule has 1 aromatic rings. The zero-order valence-electron chi connectivity index (χ0n) is 14.2. The van der Waals surface area contributed by atoms with E-state index in [-0.39, 0.29) is 0 Å². The first-order valence-corrected chi connectivity index (χ1v) is 8.52. The summed E-state index contributed by atoms with van der Waals surface area (Å²) in [5.74, 6) is 0.684. The van der Waals surface area contributed by atoms with Crippen LogP contribution in [0, 0.1) is 5.92 Å². The summed E-state index contributed by atoms with van der Waals surface area (Å²) < 4.78 is 0. The van der Waals surface area contributed by atoms with Crippen LogP contribution in [0.5, 0.6) is 0 Å². The molecule has 0 saturated heterocycles. The van der Waals surface area contributed by atoms with Gasteiger partial charge in [-0.2, -0.15) is 0 Å². The number of rotatable bonds is 9. The van der Waals surface area contributed by atoms with Crippen molar-refractivity contribution in [2.75, 3.05) is 20.1 Å². The van der Waals surface area contributed by atoms with Gasteiger partial charge >= 0.3 is 0 Å². The van der Waals surface area contributed by atoms with E-state index in [1.54, 1.807) is 0 Å². The van der Waals surface area contributed by atoms with Crippen LogP contribution in [0.4, 0.5) is 0 Å². The normalized spacial score (nSPS) is 14.7. The van der Waals surface area contributed by atoms with E-state index in [0.717, 1.165) is 31.0 Å². The molecule has 0 heterocycles. The molecule has 21 heavy (non-hydrogen) atoms. The summed E-state index contributed by atoms with van der Waals surface area (Å²) in [7, 11) is 2.22. The van der Waals surface area contributed by atoms with Crippen molar-refractivity contribution in [2.24, 2.45) is 5.92 Å². The Balaban J connectivity index is 2.66. The predicted octanol–water partition coefficient (Wildman–Crippen LogP) is 4.75. The molecule has 0 aliphatic carbocycles. The van der Waals surface area contributed by atoms with Crippen molar-refractivity contribution in [3.8, 4) is 0 Å². The molecule has 1 N–H and O–H groups in total. The molecule has 0 aliphatic rings. The smallest absolute Gasteiger partial charge is 0.0409 e. The van der Waals surface area contributed by atoms with Gasteiger partial charge in [-0.15, -0.1) is 0 Å². The summed E-state index contributed by atoms with van der Waals surface area (Å²) in [6, 6.07) is 9.22. The molecule has 0 fully saturated rings. The number of benzene rings is 1. The standard InChI is InChI=1S/C18H31ClN2/c1-6-11-20-18(16-8-7-9-17(19)13-16)10-12-21(5)15(4)14(2)3/h7-9,13-15,18,20H,6,10-12H2,1-5H3. The molecule has 0 radical (unpaired) electrons. The number of nitrogens with one attached hydrogen (secondary N) is 1. The van der Waals surface area contributed by atoms with Gasteiger partial charge in [0.25, 0.3) is 0 Å². The highest BCUT2D eigenvalue weighted by molar-refractivity contribution is 6.30. The first-order valence-electron chi connectivity index (χ1n) is 8.14. The minimum absolute atomic E-state index is 0.380. The van der Waals surface area contributed by atoms with Crippen molar-refractivity contribution < 1.29 is 0 Å². The third-order valence-corrected chi connectivity index (χ3v) is 4.56. The van der Waals surface area contributed by atoms with E-state index in [9.17, 15) is 0 Å². The Morgan fingerprint density at radius 3 is 2.52 bits per heavy atom. The maximum atomic E-state index is 6.14. The Morgan fingerprint density at radius 1 is 1.24 bits per heavy atom. The second-order valence-corrected chi connectivity index (χ2v) is 6.75. The number of nitrogens with zero attached hydrogens (tertiary/aromatic N) is 1. The van der Waals surface area contributed by atoms with E-state index in [0.29, 0.717) is 18.0 Å². The van der Waals surface area contributed by atoms with E-state index in [2.05, 4.69) is 57.1 Å². The minimum Gasteiger partial charge on any atom is -0.310 e. The monoisotopic (exact) mass is 310 g/mol. The molecule has 0 aromatic heterocycles. The summed E-state index contributed by atoms with van der Waals surface area (Å²) >= 11 is 6.14. The summed E-state index contributed by atoms with van der Waals surface area (Å²) in [4.78, 5) is 2.45. The summed E-state index contributed by atoms with van der Waals surface area (Å²) in [6.45, 7) is 11.2. The number of hydrogen-bond donors (Lipinski definition) is 1.